The van der Waals surface area contributed by atoms with Crippen LogP contribution in [0.15, 0.2) is 36.4 Å². The Labute approximate surface area is 137 Å². The summed E-state index contributed by atoms with van der Waals surface area (Å²) >= 11 is 0. The van der Waals surface area contributed by atoms with Gasteiger partial charge >= 0.3 is 0 Å². The molecule has 2 nitrogen and oxygen atoms in total. The van der Waals surface area contributed by atoms with E-state index in [1.807, 2.05) is 44.2 Å². The van der Waals surface area contributed by atoms with Gasteiger partial charge in [0.25, 0.3) is 0 Å². The van der Waals surface area contributed by atoms with Gasteiger partial charge in [0, 0.05) is 0 Å². The van der Waals surface area contributed by atoms with Crippen LogP contribution in [0.4, 0.5) is 0 Å². The van der Waals surface area contributed by atoms with E-state index in [2.05, 4.69) is 39.9 Å². The third-order valence-corrected chi connectivity index (χ3v) is 9.11. The summed E-state index contributed by atoms with van der Waals surface area (Å²) in [4.78, 5) is 0. The second kappa shape index (κ2) is 7.58. The van der Waals surface area contributed by atoms with Gasteiger partial charge in [0.15, 0.2) is 8.32 Å². The van der Waals surface area contributed by atoms with Crippen molar-refractivity contribution >= 4 is 13.9 Å². The van der Waals surface area contributed by atoms with Crippen molar-refractivity contribution in [3.63, 3.8) is 0 Å². The van der Waals surface area contributed by atoms with Gasteiger partial charge in [-0.2, -0.15) is 0 Å². The van der Waals surface area contributed by atoms with E-state index >= 15 is 0 Å². The minimum atomic E-state index is -1.76. The molecule has 0 aliphatic carbocycles. The van der Waals surface area contributed by atoms with E-state index in [0.29, 0.717) is 6.61 Å². The Morgan fingerprint density at radius 1 is 1.18 bits per heavy atom. The maximum absolute atomic E-state index is 10.5. The summed E-state index contributed by atoms with van der Waals surface area (Å²) < 4.78 is 6.23. The van der Waals surface area contributed by atoms with Crippen molar-refractivity contribution < 1.29 is 9.53 Å². The van der Waals surface area contributed by atoms with Gasteiger partial charge in [0.1, 0.15) is 0 Å². The van der Waals surface area contributed by atoms with Crippen molar-refractivity contribution in [1.29, 1.82) is 0 Å². The lowest BCUT2D eigenvalue weighted by molar-refractivity contribution is 0.180. The Morgan fingerprint density at radius 2 is 1.73 bits per heavy atom. The summed E-state index contributed by atoms with van der Waals surface area (Å²) in [5.41, 5.74) is 2.04. The average molecular weight is 321 g/mol. The number of hydrogen-bond donors (Lipinski definition) is 1. The van der Waals surface area contributed by atoms with Gasteiger partial charge < -0.3 is 9.53 Å². The molecule has 1 rings (SSSR count). The fourth-order valence-electron chi connectivity index (χ4n) is 1.96. The standard InChI is InChI=1S/C19H32O2Si/c1-15(2)18(20)17(16-11-9-8-10-12-16)13-14-21-22(6,7)19(3,4)5/h8-13,15,18,20H,14H2,1-7H3/b17-13+/t18-/m1/s1. The molecule has 0 unspecified atom stereocenters. The summed E-state index contributed by atoms with van der Waals surface area (Å²) in [6.07, 6.45) is 1.59. The van der Waals surface area contributed by atoms with Crippen LogP contribution >= 0.6 is 0 Å². The van der Waals surface area contributed by atoms with Crippen molar-refractivity contribution in [2.45, 2.75) is 58.9 Å². The van der Waals surface area contributed by atoms with E-state index in [1.54, 1.807) is 0 Å². The molecule has 0 amide bonds. The average Bonchev–Trinajstić information content (AvgIpc) is 2.42. The molecule has 0 saturated carbocycles. The van der Waals surface area contributed by atoms with E-state index in [0.717, 1.165) is 11.1 Å². The van der Waals surface area contributed by atoms with Crippen LogP contribution in [-0.4, -0.2) is 26.1 Å². The minimum absolute atomic E-state index is 0.180. The Morgan fingerprint density at radius 3 is 2.18 bits per heavy atom. The molecule has 1 atom stereocenters. The Kier molecular flexibility index (Phi) is 6.60. The van der Waals surface area contributed by atoms with Crippen molar-refractivity contribution in [3.05, 3.63) is 42.0 Å². The largest absolute Gasteiger partial charge is 0.413 e. The molecule has 0 aliphatic heterocycles. The molecule has 0 spiro atoms. The first-order valence-corrected chi connectivity index (χ1v) is 11.0. The second-order valence-electron chi connectivity index (χ2n) is 7.79. The zero-order valence-electron chi connectivity index (χ0n) is 15.2. The first-order valence-electron chi connectivity index (χ1n) is 8.14. The van der Waals surface area contributed by atoms with Gasteiger partial charge in [-0.1, -0.05) is 71.0 Å². The molecule has 0 aromatic heterocycles. The second-order valence-corrected chi connectivity index (χ2v) is 12.6. The van der Waals surface area contributed by atoms with Crippen molar-refractivity contribution in [1.82, 2.24) is 0 Å². The summed E-state index contributed by atoms with van der Waals surface area (Å²) in [7, 11) is -1.76. The van der Waals surface area contributed by atoms with Crippen LogP contribution in [0, 0.1) is 5.92 Å². The Balaban J connectivity index is 2.94. The Hall–Kier alpha value is -0.903. The predicted molar refractivity (Wildman–Crippen MR) is 98.4 cm³/mol. The zero-order chi connectivity index (χ0) is 17.0. The van der Waals surface area contributed by atoms with Gasteiger partial charge in [0.05, 0.1) is 12.7 Å². The molecule has 3 heteroatoms. The van der Waals surface area contributed by atoms with Gasteiger partial charge in [-0.15, -0.1) is 0 Å². The normalized spacial score (nSPS) is 15.2. The molecule has 1 aromatic carbocycles. The monoisotopic (exact) mass is 320 g/mol. The van der Waals surface area contributed by atoms with Crippen LogP contribution in [-0.2, 0) is 4.43 Å². The molecule has 0 radical (unpaired) electrons. The fourth-order valence-corrected chi connectivity index (χ4v) is 2.89. The van der Waals surface area contributed by atoms with Gasteiger partial charge in [-0.25, -0.2) is 0 Å². The van der Waals surface area contributed by atoms with E-state index in [1.165, 1.54) is 0 Å². The first kappa shape index (κ1) is 19.1. The molecular weight excluding hydrogens is 288 g/mol. The summed E-state index contributed by atoms with van der Waals surface area (Å²) in [6, 6.07) is 10.1. The summed E-state index contributed by atoms with van der Waals surface area (Å²) in [5.74, 6) is 0.180. The van der Waals surface area contributed by atoms with E-state index in [4.69, 9.17) is 4.43 Å². The fraction of sp³-hybridized carbons (Fsp3) is 0.579. The van der Waals surface area contributed by atoms with Crippen LogP contribution < -0.4 is 0 Å². The van der Waals surface area contributed by atoms with Crippen molar-refractivity contribution in [2.75, 3.05) is 6.61 Å². The number of aliphatic hydroxyl groups is 1. The first-order chi connectivity index (χ1) is 10.1. The van der Waals surface area contributed by atoms with Gasteiger partial charge in [-0.05, 0) is 35.2 Å². The highest BCUT2D eigenvalue weighted by atomic mass is 28.4. The van der Waals surface area contributed by atoms with Crippen molar-refractivity contribution in [2.24, 2.45) is 5.92 Å². The molecule has 0 fully saturated rings. The van der Waals surface area contributed by atoms with Crippen LogP contribution in [0.25, 0.3) is 5.57 Å². The minimum Gasteiger partial charge on any atom is -0.413 e. The number of aliphatic hydroxyl groups excluding tert-OH is 1. The highest BCUT2D eigenvalue weighted by Gasteiger charge is 2.36. The van der Waals surface area contributed by atoms with Crippen LogP contribution in [0.5, 0.6) is 0 Å². The highest BCUT2D eigenvalue weighted by Crippen LogP contribution is 2.36. The van der Waals surface area contributed by atoms with Crippen LogP contribution in [0.2, 0.25) is 18.1 Å². The van der Waals surface area contributed by atoms with Gasteiger partial charge in [0.2, 0.25) is 0 Å². The SMILES string of the molecule is CC(C)[C@@H](O)/C(=C/CO[Si](C)(C)C(C)(C)C)c1ccccc1. The molecule has 0 heterocycles. The molecule has 22 heavy (non-hydrogen) atoms. The molecule has 1 N–H and O–H groups in total. The maximum atomic E-state index is 10.5. The van der Waals surface area contributed by atoms with E-state index in [-0.39, 0.29) is 11.0 Å². The zero-order valence-corrected chi connectivity index (χ0v) is 16.2. The number of benzene rings is 1. The van der Waals surface area contributed by atoms with E-state index < -0.39 is 14.4 Å². The number of rotatable bonds is 6. The summed E-state index contributed by atoms with van der Waals surface area (Å²) in [5, 5.41) is 10.7. The molecule has 124 valence electrons. The lowest BCUT2D eigenvalue weighted by atomic mass is 9.93. The number of hydrogen-bond acceptors (Lipinski definition) is 2. The Bertz CT molecular complexity index is 484. The third-order valence-electron chi connectivity index (χ3n) is 4.61. The molecule has 0 aliphatic rings. The highest BCUT2D eigenvalue weighted by molar-refractivity contribution is 6.74. The summed E-state index contributed by atoms with van der Waals surface area (Å²) in [6.45, 7) is 15.9. The molecule has 0 saturated heterocycles. The lowest BCUT2D eigenvalue weighted by Crippen LogP contribution is -2.40. The third kappa shape index (κ3) is 5.08. The molecular formula is C19H32O2Si. The molecule has 0 bridgehead atoms. The predicted octanol–water partition coefficient (Wildman–Crippen LogP) is 5.11. The quantitative estimate of drug-likeness (QED) is 0.738. The van der Waals surface area contributed by atoms with Crippen LogP contribution in [0.3, 0.4) is 0 Å². The van der Waals surface area contributed by atoms with Gasteiger partial charge in [-0.3, -0.25) is 0 Å². The van der Waals surface area contributed by atoms with E-state index in [9.17, 15) is 5.11 Å². The maximum Gasteiger partial charge on any atom is 0.192 e. The topological polar surface area (TPSA) is 29.5 Å². The molecule has 1 aromatic rings. The smallest absolute Gasteiger partial charge is 0.192 e. The lowest BCUT2D eigenvalue weighted by Gasteiger charge is -2.36. The van der Waals surface area contributed by atoms with Crippen LogP contribution in [0.1, 0.15) is 40.2 Å². The van der Waals surface area contributed by atoms with Crippen molar-refractivity contribution in [3.8, 4) is 0 Å².